The Bertz CT molecular complexity index is 1280. The van der Waals surface area contributed by atoms with E-state index in [2.05, 4.69) is 57.6 Å². The molecule has 2 N–H and O–H groups in total. The molecule has 5 atom stereocenters. The molecule has 6 heteroatoms. The van der Waals surface area contributed by atoms with Crippen LogP contribution in [-0.4, -0.2) is 47.3 Å². The Hall–Kier alpha value is -3.40. The zero-order chi connectivity index (χ0) is 25.4. The lowest BCUT2D eigenvalue weighted by molar-refractivity contribution is 0.188. The number of nitrogens with one attached hydrogen (secondary N) is 1. The first-order valence-electron chi connectivity index (χ1n) is 13.6. The summed E-state index contributed by atoms with van der Waals surface area (Å²) in [4.78, 5) is 10.0. The fraction of sp³-hybridized carbons (Fsp3) is 0.419. The third kappa shape index (κ3) is 4.70. The maximum atomic E-state index is 10.1. The van der Waals surface area contributed by atoms with Gasteiger partial charge in [0.25, 0.3) is 0 Å². The molecule has 2 unspecified atom stereocenters. The third-order valence-electron chi connectivity index (χ3n) is 8.52. The van der Waals surface area contributed by atoms with Crippen LogP contribution in [0.25, 0.3) is 11.1 Å². The number of hydrogen-bond donors (Lipinski definition) is 2. The number of hydrogen-bond acceptors (Lipinski definition) is 6. The van der Waals surface area contributed by atoms with Gasteiger partial charge < -0.3 is 20.2 Å². The second kappa shape index (κ2) is 10.2. The van der Waals surface area contributed by atoms with E-state index in [1.807, 2.05) is 37.4 Å². The topological polar surface area (TPSA) is 75.4 Å². The lowest BCUT2D eigenvalue weighted by Crippen LogP contribution is -2.72. The molecule has 2 saturated heterocycles. The van der Waals surface area contributed by atoms with Crippen LogP contribution < -0.4 is 15.1 Å². The monoisotopic (exact) mass is 493 g/mol. The largest absolute Gasteiger partial charge is 0.389 e. The lowest BCUT2D eigenvalue weighted by atomic mass is 9.81. The number of fused-ring (bicyclic) bond motifs is 2. The predicted molar refractivity (Wildman–Crippen MR) is 148 cm³/mol. The molecule has 0 radical (unpaired) electrons. The van der Waals surface area contributed by atoms with Crippen molar-refractivity contribution in [1.82, 2.24) is 10.3 Å². The third-order valence-corrected chi connectivity index (χ3v) is 8.52. The summed E-state index contributed by atoms with van der Waals surface area (Å²) in [7, 11) is 0. The quantitative estimate of drug-likeness (QED) is 0.530. The van der Waals surface area contributed by atoms with Gasteiger partial charge in [0.2, 0.25) is 0 Å². The van der Waals surface area contributed by atoms with E-state index < -0.39 is 6.10 Å². The van der Waals surface area contributed by atoms with Gasteiger partial charge in [0.05, 0.1) is 17.7 Å². The normalized spacial score (nSPS) is 26.1. The Kier molecular flexibility index (Phi) is 6.58. The molecule has 0 bridgehead atoms. The highest BCUT2D eigenvalue weighted by atomic mass is 16.3. The summed E-state index contributed by atoms with van der Waals surface area (Å²) in [6.07, 6.45) is 7.47. The Morgan fingerprint density at radius 3 is 2.57 bits per heavy atom. The zero-order valence-corrected chi connectivity index (χ0v) is 21.4. The second-order valence-electron chi connectivity index (χ2n) is 10.8. The summed E-state index contributed by atoms with van der Waals surface area (Å²) >= 11 is 0. The summed E-state index contributed by atoms with van der Waals surface area (Å²) in [5, 5.41) is 23.3. The molecule has 0 amide bonds. The van der Waals surface area contributed by atoms with Gasteiger partial charge >= 0.3 is 0 Å². The number of anilines is 2. The highest BCUT2D eigenvalue weighted by molar-refractivity contribution is 5.68. The maximum Gasteiger partial charge on any atom is 0.129 e. The van der Waals surface area contributed by atoms with Crippen LogP contribution in [0.3, 0.4) is 0 Å². The van der Waals surface area contributed by atoms with E-state index in [0.29, 0.717) is 29.7 Å². The Balaban J connectivity index is 1.31. The molecule has 37 heavy (non-hydrogen) atoms. The molecule has 1 aliphatic carbocycles. The highest BCUT2D eigenvalue weighted by Gasteiger charge is 2.46. The van der Waals surface area contributed by atoms with Gasteiger partial charge in [-0.3, -0.25) is 0 Å². The minimum Gasteiger partial charge on any atom is -0.389 e. The summed E-state index contributed by atoms with van der Waals surface area (Å²) in [6.45, 7) is 3.75. The number of benzene rings is 2. The van der Waals surface area contributed by atoms with Gasteiger partial charge in [-0.2, -0.15) is 5.26 Å². The fourth-order valence-corrected chi connectivity index (χ4v) is 6.63. The number of aliphatic hydroxyl groups is 1. The van der Waals surface area contributed by atoms with Crippen LogP contribution in [0.5, 0.6) is 0 Å². The Labute approximate surface area is 219 Å². The van der Waals surface area contributed by atoms with Gasteiger partial charge in [-0.15, -0.1) is 0 Å². The van der Waals surface area contributed by atoms with Crippen LogP contribution in [0.1, 0.15) is 56.3 Å². The van der Waals surface area contributed by atoms with Crippen molar-refractivity contribution in [3.05, 3.63) is 78.0 Å². The van der Waals surface area contributed by atoms with Crippen LogP contribution >= 0.6 is 0 Å². The van der Waals surface area contributed by atoms with E-state index in [0.717, 1.165) is 42.0 Å². The van der Waals surface area contributed by atoms with E-state index in [1.165, 1.54) is 31.4 Å². The molecule has 3 aromatic rings. The minimum absolute atomic E-state index is 0.354. The van der Waals surface area contributed by atoms with Crippen LogP contribution in [0.2, 0.25) is 0 Å². The Morgan fingerprint density at radius 1 is 0.973 bits per heavy atom. The zero-order valence-electron chi connectivity index (χ0n) is 21.4. The number of nitriles is 1. The predicted octanol–water partition coefficient (Wildman–Crippen LogP) is 5.04. The van der Waals surface area contributed by atoms with E-state index in [9.17, 15) is 10.4 Å². The number of piperazine rings is 1. The van der Waals surface area contributed by atoms with Crippen LogP contribution in [0.15, 0.2) is 66.9 Å². The molecule has 2 aromatic carbocycles. The fourth-order valence-electron chi connectivity index (χ4n) is 6.63. The minimum atomic E-state index is -0.487. The van der Waals surface area contributed by atoms with Crippen molar-refractivity contribution in [2.45, 2.75) is 69.3 Å². The van der Waals surface area contributed by atoms with Crippen LogP contribution in [0.4, 0.5) is 11.5 Å². The first kappa shape index (κ1) is 24.0. The molecule has 2 aliphatic heterocycles. The number of pyridine rings is 1. The van der Waals surface area contributed by atoms with Crippen LogP contribution in [0, 0.1) is 11.3 Å². The second-order valence-corrected chi connectivity index (χ2v) is 10.8. The van der Waals surface area contributed by atoms with E-state index in [1.54, 1.807) is 0 Å². The highest BCUT2D eigenvalue weighted by Crippen LogP contribution is 2.38. The summed E-state index contributed by atoms with van der Waals surface area (Å²) in [5.41, 5.74) is 5.08. The van der Waals surface area contributed by atoms with Gasteiger partial charge in [-0.1, -0.05) is 31.0 Å². The smallest absolute Gasteiger partial charge is 0.129 e. The van der Waals surface area contributed by atoms with Crippen molar-refractivity contribution < 1.29 is 5.11 Å². The average molecular weight is 494 g/mol. The maximum absolute atomic E-state index is 10.1. The van der Waals surface area contributed by atoms with Gasteiger partial charge in [0.15, 0.2) is 0 Å². The Morgan fingerprint density at radius 2 is 1.76 bits per heavy atom. The van der Waals surface area contributed by atoms with Crippen molar-refractivity contribution in [3.63, 3.8) is 0 Å². The molecule has 3 aliphatic rings. The number of aromatic nitrogens is 1. The van der Waals surface area contributed by atoms with Crippen molar-refractivity contribution in [2.24, 2.45) is 0 Å². The van der Waals surface area contributed by atoms with Crippen molar-refractivity contribution in [2.75, 3.05) is 22.9 Å². The molecule has 190 valence electrons. The first-order valence-corrected chi connectivity index (χ1v) is 13.6. The van der Waals surface area contributed by atoms with E-state index >= 15 is 0 Å². The molecule has 6 nitrogen and oxygen atoms in total. The molecule has 0 spiro atoms. The van der Waals surface area contributed by atoms with Gasteiger partial charge in [-0.05, 0) is 85.3 Å². The molecule has 1 aromatic heterocycles. The molecule has 6 rings (SSSR count). The van der Waals surface area contributed by atoms with E-state index in [4.69, 9.17) is 4.98 Å². The molecule has 3 heterocycles. The van der Waals surface area contributed by atoms with Gasteiger partial charge in [-0.25, -0.2) is 4.98 Å². The van der Waals surface area contributed by atoms with Crippen molar-refractivity contribution in [3.8, 4) is 17.2 Å². The SMILES string of the molecule is C[C@@H](O)c1cccc(-c2ccnc(N3C4CCCC[C@H]4N[C@@H]4CN(c5ccc(C#N)cc5)CCC43)c2)c1. The molecule has 1 saturated carbocycles. The average Bonchev–Trinajstić information content (AvgIpc) is 2.95. The van der Waals surface area contributed by atoms with Crippen molar-refractivity contribution in [1.29, 1.82) is 5.26 Å². The van der Waals surface area contributed by atoms with Crippen molar-refractivity contribution >= 4 is 11.5 Å². The molecule has 3 fully saturated rings. The summed E-state index contributed by atoms with van der Waals surface area (Å²) in [5.74, 6) is 1.07. The van der Waals surface area contributed by atoms with Crippen LogP contribution in [-0.2, 0) is 0 Å². The molecular formula is C31H35N5O. The van der Waals surface area contributed by atoms with E-state index in [-0.39, 0.29) is 0 Å². The number of nitrogens with zero attached hydrogens (tertiary/aromatic N) is 4. The molecular weight excluding hydrogens is 458 g/mol. The van der Waals surface area contributed by atoms with Gasteiger partial charge in [0, 0.05) is 49.1 Å². The summed E-state index contributed by atoms with van der Waals surface area (Å²) in [6, 6.07) is 24.4. The number of rotatable bonds is 4. The first-order chi connectivity index (χ1) is 18.1. The number of aliphatic hydroxyl groups excluding tert-OH is 1. The standard InChI is InChI=1S/C31H35N5O/c1-21(37)23-5-4-6-24(17-23)25-13-15-33-31(18-25)36-29-8-3-2-7-27(29)34-28-20-35(16-14-30(28)36)26-11-9-22(19-32)10-12-26/h4-6,9-13,15,17-18,21,27-30,34,37H,2-3,7-8,14,16,20H2,1H3/t21-,27-,28-,29?,30?/m1/s1. The summed E-state index contributed by atoms with van der Waals surface area (Å²) < 4.78 is 0. The van der Waals surface area contributed by atoms with Gasteiger partial charge in [0.1, 0.15) is 5.82 Å². The lowest BCUT2D eigenvalue weighted by Gasteiger charge is -2.56. The number of piperidine rings is 1.